The third-order valence-electron chi connectivity index (χ3n) is 3.38. The number of benzene rings is 2. The standard InChI is InChI=1S/C16H18BrNO3S/c1-11-10-15(8-9-16(11)21-3)22(19,20)18-12(2)13-4-6-14(17)7-5-13/h4-10,12,18H,1-3H3. The van der Waals surface area contributed by atoms with E-state index in [1.54, 1.807) is 25.3 Å². The lowest BCUT2D eigenvalue weighted by molar-refractivity contribution is 0.411. The highest BCUT2D eigenvalue weighted by molar-refractivity contribution is 9.10. The van der Waals surface area contributed by atoms with Crippen molar-refractivity contribution in [3.63, 3.8) is 0 Å². The Morgan fingerprint density at radius 3 is 2.32 bits per heavy atom. The zero-order valence-electron chi connectivity index (χ0n) is 12.6. The molecule has 6 heteroatoms. The third-order valence-corrected chi connectivity index (χ3v) is 5.45. The number of methoxy groups -OCH3 is 1. The molecule has 0 aliphatic heterocycles. The molecule has 0 saturated heterocycles. The van der Waals surface area contributed by atoms with Gasteiger partial charge in [0.2, 0.25) is 10.0 Å². The summed E-state index contributed by atoms with van der Waals surface area (Å²) in [5.74, 6) is 0.667. The molecule has 0 saturated carbocycles. The van der Waals surface area contributed by atoms with Crippen molar-refractivity contribution in [2.24, 2.45) is 0 Å². The summed E-state index contributed by atoms with van der Waals surface area (Å²) in [6.07, 6.45) is 0. The van der Waals surface area contributed by atoms with Gasteiger partial charge in [-0.25, -0.2) is 13.1 Å². The molecule has 0 heterocycles. The number of ether oxygens (including phenoxy) is 1. The van der Waals surface area contributed by atoms with Gasteiger partial charge in [-0.05, 0) is 55.3 Å². The second-order valence-electron chi connectivity index (χ2n) is 5.03. The maximum atomic E-state index is 12.5. The van der Waals surface area contributed by atoms with Gasteiger partial charge in [-0.3, -0.25) is 0 Å². The van der Waals surface area contributed by atoms with Gasteiger partial charge in [-0.1, -0.05) is 28.1 Å². The number of rotatable bonds is 5. The first-order chi connectivity index (χ1) is 10.3. The van der Waals surface area contributed by atoms with Crippen LogP contribution in [0.2, 0.25) is 0 Å². The van der Waals surface area contributed by atoms with E-state index in [1.807, 2.05) is 38.1 Å². The van der Waals surface area contributed by atoms with E-state index in [9.17, 15) is 8.42 Å². The maximum absolute atomic E-state index is 12.5. The molecule has 0 aliphatic rings. The molecule has 0 bridgehead atoms. The van der Waals surface area contributed by atoms with Crippen molar-refractivity contribution in [3.8, 4) is 5.75 Å². The van der Waals surface area contributed by atoms with E-state index in [-0.39, 0.29) is 10.9 Å². The van der Waals surface area contributed by atoms with Crippen LogP contribution in [-0.4, -0.2) is 15.5 Å². The van der Waals surface area contributed by atoms with Gasteiger partial charge in [0.15, 0.2) is 0 Å². The van der Waals surface area contributed by atoms with Crippen LogP contribution in [0.5, 0.6) is 5.75 Å². The van der Waals surface area contributed by atoms with Crippen LogP contribution >= 0.6 is 15.9 Å². The van der Waals surface area contributed by atoms with Gasteiger partial charge in [0.25, 0.3) is 0 Å². The van der Waals surface area contributed by atoms with Crippen molar-refractivity contribution >= 4 is 26.0 Å². The van der Waals surface area contributed by atoms with Gasteiger partial charge in [-0.2, -0.15) is 0 Å². The average Bonchev–Trinajstić information content (AvgIpc) is 2.47. The van der Waals surface area contributed by atoms with Crippen LogP contribution in [0.15, 0.2) is 51.8 Å². The Labute approximate surface area is 139 Å². The van der Waals surface area contributed by atoms with E-state index in [1.165, 1.54) is 0 Å². The average molecular weight is 384 g/mol. The number of hydrogen-bond acceptors (Lipinski definition) is 3. The van der Waals surface area contributed by atoms with Gasteiger partial charge in [0, 0.05) is 10.5 Å². The molecule has 2 aromatic rings. The number of aryl methyl sites for hydroxylation is 1. The lowest BCUT2D eigenvalue weighted by Gasteiger charge is -2.15. The molecule has 2 aromatic carbocycles. The minimum atomic E-state index is -3.58. The maximum Gasteiger partial charge on any atom is 0.241 e. The lowest BCUT2D eigenvalue weighted by atomic mass is 10.1. The van der Waals surface area contributed by atoms with E-state index < -0.39 is 10.0 Å². The van der Waals surface area contributed by atoms with E-state index in [2.05, 4.69) is 20.7 Å². The third kappa shape index (κ3) is 3.88. The molecular formula is C16H18BrNO3S. The van der Waals surface area contributed by atoms with Crippen molar-refractivity contribution in [2.75, 3.05) is 7.11 Å². The fourth-order valence-electron chi connectivity index (χ4n) is 2.14. The van der Waals surface area contributed by atoms with Crippen LogP contribution in [0.25, 0.3) is 0 Å². The molecule has 1 atom stereocenters. The Bertz CT molecular complexity index is 757. The van der Waals surface area contributed by atoms with E-state index in [0.717, 1.165) is 15.6 Å². The van der Waals surface area contributed by atoms with Crippen LogP contribution in [0.4, 0.5) is 0 Å². The summed E-state index contributed by atoms with van der Waals surface area (Å²) in [5.41, 5.74) is 1.68. The molecular weight excluding hydrogens is 366 g/mol. The fraction of sp³-hybridized carbons (Fsp3) is 0.250. The topological polar surface area (TPSA) is 55.4 Å². The molecule has 0 radical (unpaired) electrons. The van der Waals surface area contributed by atoms with Crippen molar-refractivity contribution in [2.45, 2.75) is 24.8 Å². The minimum Gasteiger partial charge on any atom is -0.496 e. The highest BCUT2D eigenvalue weighted by Gasteiger charge is 2.19. The number of hydrogen-bond donors (Lipinski definition) is 1. The second kappa shape index (κ2) is 6.81. The first kappa shape index (κ1) is 17.0. The minimum absolute atomic E-state index is 0.231. The Hall–Kier alpha value is -1.37. The summed E-state index contributed by atoms with van der Waals surface area (Å²) in [6, 6.07) is 12.0. The number of nitrogens with one attached hydrogen (secondary N) is 1. The molecule has 0 aromatic heterocycles. The zero-order valence-corrected chi connectivity index (χ0v) is 15.0. The molecule has 118 valence electrons. The Kier molecular flexibility index (Phi) is 5.26. The summed E-state index contributed by atoms with van der Waals surface area (Å²) in [4.78, 5) is 0.231. The fourth-order valence-corrected chi connectivity index (χ4v) is 3.72. The predicted octanol–water partition coefficient (Wildman–Crippen LogP) is 3.81. The Morgan fingerprint density at radius 2 is 1.77 bits per heavy atom. The first-order valence-electron chi connectivity index (χ1n) is 6.76. The molecule has 1 N–H and O–H groups in total. The number of halogens is 1. The number of sulfonamides is 1. The van der Waals surface area contributed by atoms with Crippen molar-refractivity contribution in [1.29, 1.82) is 0 Å². The predicted molar refractivity (Wildman–Crippen MR) is 90.6 cm³/mol. The lowest BCUT2D eigenvalue weighted by Crippen LogP contribution is -2.27. The SMILES string of the molecule is COc1ccc(S(=O)(=O)NC(C)c2ccc(Br)cc2)cc1C. The molecule has 0 fully saturated rings. The molecule has 0 amide bonds. The summed E-state index contributed by atoms with van der Waals surface area (Å²) < 4.78 is 33.7. The molecule has 0 aliphatic carbocycles. The summed E-state index contributed by atoms with van der Waals surface area (Å²) in [6.45, 7) is 3.63. The first-order valence-corrected chi connectivity index (χ1v) is 9.03. The van der Waals surface area contributed by atoms with Crippen LogP contribution in [-0.2, 0) is 10.0 Å². The van der Waals surface area contributed by atoms with Crippen LogP contribution < -0.4 is 9.46 Å². The molecule has 0 spiro atoms. The van der Waals surface area contributed by atoms with Crippen molar-refractivity contribution in [3.05, 3.63) is 58.1 Å². The normalized spacial score (nSPS) is 12.9. The van der Waals surface area contributed by atoms with Crippen LogP contribution in [0.1, 0.15) is 24.1 Å². The quantitative estimate of drug-likeness (QED) is 0.853. The Balaban J connectivity index is 2.23. The van der Waals surface area contributed by atoms with Gasteiger partial charge < -0.3 is 4.74 Å². The molecule has 4 nitrogen and oxygen atoms in total. The molecule has 22 heavy (non-hydrogen) atoms. The molecule has 2 rings (SSSR count). The van der Waals surface area contributed by atoms with Gasteiger partial charge in [-0.15, -0.1) is 0 Å². The van der Waals surface area contributed by atoms with Crippen LogP contribution in [0.3, 0.4) is 0 Å². The van der Waals surface area contributed by atoms with E-state index in [4.69, 9.17) is 4.74 Å². The molecule has 1 unspecified atom stereocenters. The highest BCUT2D eigenvalue weighted by atomic mass is 79.9. The highest BCUT2D eigenvalue weighted by Crippen LogP contribution is 2.23. The van der Waals surface area contributed by atoms with E-state index in [0.29, 0.717) is 5.75 Å². The van der Waals surface area contributed by atoms with Crippen molar-refractivity contribution in [1.82, 2.24) is 4.72 Å². The van der Waals surface area contributed by atoms with Crippen molar-refractivity contribution < 1.29 is 13.2 Å². The smallest absolute Gasteiger partial charge is 0.241 e. The summed E-state index contributed by atoms with van der Waals surface area (Å²) in [5, 5.41) is 0. The zero-order chi connectivity index (χ0) is 16.3. The second-order valence-corrected chi connectivity index (χ2v) is 7.66. The van der Waals surface area contributed by atoms with E-state index >= 15 is 0 Å². The Morgan fingerprint density at radius 1 is 1.14 bits per heavy atom. The monoisotopic (exact) mass is 383 g/mol. The van der Waals surface area contributed by atoms with Crippen LogP contribution in [0, 0.1) is 6.92 Å². The summed E-state index contributed by atoms with van der Waals surface area (Å²) in [7, 11) is -2.02. The van der Waals surface area contributed by atoms with Gasteiger partial charge in [0.1, 0.15) is 5.75 Å². The largest absolute Gasteiger partial charge is 0.496 e. The summed E-state index contributed by atoms with van der Waals surface area (Å²) >= 11 is 3.36. The van der Waals surface area contributed by atoms with Gasteiger partial charge in [0.05, 0.1) is 12.0 Å². The van der Waals surface area contributed by atoms with Gasteiger partial charge >= 0.3 is 0 Å².